The predicted octanol–water partition coefficient (Wildman–Crippen LogP) is 4.26. The molecule has 0 radical (unpaired) electrons. The van der Waals surface area contributed by atoms with Crippen molar-refractivity contribution >= 4 is 11.0 Å². The van der Waals surface area contributed by atoms with E-state index in [1.54, 1.807) is 0 Å². The van der Waals surface area contributed by atoms with Crippen molar-refractivity contribution in [3.05, 3.63) is 36.1 Å². The van der Waals surface area contributed by atoms with Crippen molar-refractivity contribution in [3.63, 3.8) is 0 Å². The van der Waals surface area contributed by atoms with Gasteiger partial charge in [-0.05, 0) is 37.8 Å². The van der Waals surface area contributed by atoms with Gasteiger partial charge in [0.05, 0.1) is 12.1 Å². The molecule has 2 heterocycles. The van der Waals surface area contributed by atoms with Gasteiger partial charge in [-0.25, -0.2) is 0 Å². The van der Waals surface area contributed by atoms with Crippen molar-refractivity contribution in [1.82, 2.24) is 5.32 Å². The molecule has 2 aromatic rings. The van der Waals surface area contributed by atoms with E-state index in [2.05, 4.69) is 31.3 Å². The highest BCUT2D eigenvalue weighted by Gasteiger charge is 2.34. The highest BCUT2D eigenvalue weighted by Crippen LogP contribution is 2.31. The third-order valence-corrected chi connectivity index (χ3v) is 4.82. The number of para-hydroxylation sites is 1. The van der Waals surface area contributed by atoms with Gasteiger partial charge < -0.3 is 14.5 Å². The number of hydrogen-bond donors (Lipinski definition) is 1. The molecule has 0 spiro atoms. The molecule has 1 aliphatic heterocycles. The zero-order chi connectivity index (χ0) is 14.7. The number of ether oxygens (including phenoxy) is 1. The average molecular weight is 287 g/mol. The lowest BCUT2D eigenvalue weighted by Crippen LogP contribution is -2.46. The Balaban J connectivity index is 1.61. The fourth-order valence-corrected chi connectivity index (χ4v) is 3.31. The first-order valence-electron chi connectivity index (χ1n) is 8.09. The second kappa shape index (κ2) is 6.20. The first-order chi connectivity index (χ1) is 10.2. The molecule has 3 nitrogen and oxygen atoms in total. The van der Waals surface area contributed by atoms with E-state index < -0.39 is 0 Å². The number of benzene rings is 1. The molecule has 1 aliphatic rings. The zero-order valence-electron chi connectivity index (χ0n) is 13.0. The van der Waals surface area contributed by atoms with Gasteiger partial charge in [0.1, 0.15) is 11.3 Å². The Labute approximate surface area is 126 Å². The maximum absolute atomic E-state index is 6.03. The Morgan fingerprint density at radius 2 is 2.05 bits per heavy atom. The van der Waals surface area contributed by atoms with E-state index in [4.69, 9.17) is 9.15 Å². The van der Waals surface area contributed by atoms with E-state index in [1.165, 1.54) is 5.39 Å². The highest BCUT2D eigenvalue weighted by molar-refractivity contribution is 5.77. The number of furan rings is 1. The minimum atomic E-state index is 0.0732. The number of hydrogen-bond acceptors (Lipinski definition) is 3. The Kier molecular flexibility index (Phi) is 4.32. The van der Waals surface area contributed by atoms with Crippen molar-refractivity contribution in [3.8, 4) is 0 Å². The lowest BCUT2D eigenvalue weighted by molar-refractivity contribution is -0.0933. The molecule has 0 amide bonds. The number of nitrogens with one attached hydrogen (secondary N) is 1. The van der Waals surface area contributed by atoms with Crippen LogP contribution in [-0.2, 0) is 11.3 Å². The van der Waals surface area contributed by atoms with E-state index in [0.29, 0.717) is 6.04 Å². The Morgan fingerprint density at radius 3 is 2.81 bits per heavy atom. The standard InChI is InChI=1S/C18H25NO2/c1-3-18(4-2)12-15(9-10-20-18)19-13-16-11-14-7-5-6-8-17(14)21-16/h5-8,11,15,19H,3-4,9-10,12-13H2,1-2H3. The maximum Gasteiger partial charge on any atom is 0.134 e. The summed E-state index contributed by atoms with van der Waals surface area (Å²) in [5.74, 6) is 1.02. The third-order valence-electron chi connectivity index (χ3n) is 4.82. The topological polar surface area (TPSA) is 34.4 Å². The molecule has 3 heteroatoms. The largest absolute Gasteiger partial charge is 0.460 e. The van der Waals surface area contributed by atoms with Crippen LogP contribution in [0.4, 0.5) is 0 Å². The fourth-order valence-electron chi connectivity index (χ4n) is 3.31. The lowest BCUT2D eigenvalue weighted by Gasteiger charge is -2.40. The summed E-state index contributed by atoms with van der Waals surface area (Å²) >= 11 is 0. The normalized spacial score (nSPS) is 21.7. The van der Waals surface area contributed by atoms with Crippen LogP contribution >= 0.6 is 0 Å². The Bertz CT molecular complexity index is 553. The van der Waals surface area contributed by atoms with E-state index >= 15 is 0 Å². The van der Waals surface area contributed by atoms with Crippen LogP contribution in [0, 0.1) is 0 Å². The molecule has 1 aromatic carbocycles. The van der Waals surface area contributed by atoms with Crippen LogP contribution in [0.3, 0.4) is 0 Å². The molecule has 1 saturated heterocycles. The summed E-state index contributed by atoms with van der Waals surface area (Å²) in [6, 6.07) is 10.8. The van der Waals surface area contributed by atoms with E-state index in [1.807, 2.05) is 18.2 Å². The lowest BCUT2D eigenvalue weighted by atomic mass is 9.86. The van der Waals surface area contributed by atoms with Crippen molar-refractivity contribution in [1.29, 1.82) is 0 Å². The summed E-state index contributed by atoms with van der Waals surface area (Å²) in [6.45, 7) is 6.11. The van der Waals surface area contributed by atoms with Gasteiger partial charge >= 0.3 is 0 Å². The number of rotatable bonds is 5. The van der Waals surface area contributed by atoms with Gasteiger partial charge in [0.25, 0.3) is 0 Å². The van der Waals surface area contributed by atoms with Gasteiger partial charge in [-0.3, -0.25) is 0 Å². The SMILES string of the molecule is CCC1(CC)CC(NCc2cc3ccccc3o2)CCO1. The van der Waals surface area contributed by atoms with Gasteiger partial charge in [0, 0.05) is 18.0 Å². The summed E-state index contributed by atoms with van der Waals surface area (Å²) < 4.78 is 11.9. The molecule has 1 aromatic heterocycles. The molecule has 0 bridgehead atoms. The van der Waals surface area contributed by atoms with Crippen LogP contribution in [0.5, 0.6) is 0 Å². The quantitative estimate of drug-likeness (QED) is 0.892. The van der Waals surface area contributed by atoms with Gasteiger partial charge in [0.15, 0.2) is 0 Å². The van der Waals surface area contributed by atoms with Crippen molar-refractivity contribution < 1.29 is 9.15 Å². The minimum absolute atomic E-state index is 0.0732. The Hall–Kier alpha value is -1.32. The average Bonchev–Trinajstić information content (AvgIpc) is 2.96. The van der Waals surface area contributed by atoms with Crippen molar-refractivity contribution in [2.75, 3.05) is 6.61 Å². The highest BCUT2D eigenvalue weighted by atomic mass is 16.5. The molecule has 0 saturated carbocycles. The smallest absolute Gasteiger partial charge is 0.134 e. The summed E-state index contributed by atoms with van der Waals surface area (Å²) in [5, 5.41) is 4.83. The molecular formula is C18H25NO2. The van der Waals surface area contributed by atoms with E-state index in [0.717, 1.165) is 50.2 Å². The second-order valence-electron chi connectivity index (χ2n) is 6.06. The van der Waals surface area contributed by atoms with E-state index in [9.17, 15) is 0 Å². The van der Waals surface area contributed by atoms with Gasteiger partial charge in [-0.15, -0.1) is 0 Å². The summed E-state index contributed by atoms with van der Waals surface area (Å²) in [7, 11) is 0. The molecule has 1 atom stereocenters. The molecular weight excluding hydrogens is 262 g/mol. The molecule has 0 aliphatic carbocycles. The summed E-state index contributed by atoms with van der Waals surface area (Å²) in [6.07, 6.45) is 4.36. The molecule has 1 fully saturated rings. The fraction of sp³-hybridized carbons (Fsp3) is 0.556. The number of fused-ring (bicyclic) bond motifs is 1. The van der Waals surface area contributed by atoms with Crippen molar-refractivity contribution in [2.45, 2.75) is 57.7 Å². The maximum atomic E-state index is 6.03. The summed E-state index contributed by atoms with van der Waals surface area (Å²) in [5.41, 5.74) is 1.04. The minimum Gasteiger partial charge on any atom is -0.460 e. The van der Waals surface area contributed by atoms with Crippen LogP contribution < -0.4 is 5.32 Å². The van der Waals surface area contributed by atoms with Crippen LogP contribution in [0.15, 0.2) is 34.7 Å². The van der Waals surface area contributed by atoms with Gasteiger partial charge in [-0.1, -0.05) is 32.0 Å². The van der Waals surface area contributed by atoms with Gasteiger partial charge in [-0.2, -0.15) is 0 Å². The van der Waals surface area contributed by atoms with Crippen LogP contribution in [0.25, 0.3) is 11.0 Å². The van der Waals surface area contributed by atoms with Crippen LogP contribution in [-0.4, -0.2) is 18.2 Å². The molecule has 1 N–H and O–H groups in total. The molecule has 114 valence electrons. The van der Waals surface area contributed by atoms with Crippen molar-refractivity contribution in [2.24, 2.45) is 0 Å². The first kappa shape index (κ1) is 14.6. The van der Waals surface area contributed by atoms with E-state index in [-0.39, 0.29) is 5.60 Å². The Morgan fingerprint density at radius 1 is 1.24 bits per heavy atom. The molecule has 3 rings (SSSR count). The van der Waals surface area contributed by atoms with Gasteiger partial charge in [0.2, 0.25) is 0 Å². The monoisotopic (exact) mass is 287 g/mol. The van der Waals surface area contributed by atoms with Crippen LogP contribution in [0.1, 0.15) is 45.3 Å². The summed E-state index contributed by atoms with van der Waals surface area (Å²) in [4.78, 5) is 0. The first-order valence-corrected chi connectivity index (χ1v) is 8.09. The molecule has 21 heavy (non-hydrogen) atoms. The predicted molar refractivity (Wildman–Crippen MR) is 85.3 cm³/mol. The van der Waals surface area contributed by atoms with Crippen LogP contribution in [0.2, 0.25) is 0 Å². The zero-order valence-corrected chi connectivity index (χ0v) is 13.0. The second-order valence-corrected chi connectivity index (χ2v) is 6.06. The third kappa shape index (κ3) is 3.14. The molecule has 1 unspecified atom stereocenters.